The smallest absolute Gasteiger partial charge is 0.308 e. The fourth-order valence-corrected chi connectivity index (χ4v) is 2.17. The molecule has 5 heteroatoms. The molecule has 1 fully saturated rings. The van der Waals surface area contributed by atoms with Crippen LogP contribution in [0.1, 0.15) is 52.4 Å². The minimum absolute atomic E-state index is 0.0709. The first kappa shape index (κ1) is 16.4. The molecule has 1 N–H and O–H groups in total. The first-order chi connectivity index (χ1) is 9.15. The largest absolute Gasteiger partial charge is 0.481 e. The van der Waals surface area contributed by atoms with Gasteiger partial charge in [0.15, 0.2) is 6.29 Å². The highest BCUT2D eigenvalue weighted by Crippen LogP contribution is 2.17. The normalized spacial score (nSPS) is 25.2. The number of rotatable bonds is 9. The lowest BCUT2D eigenvalue weighted by atomic mass is 10.1. The lowest BCUT2D eigenvalue weighted by Crippen LogP contribution is -2.40. The second kappa shape index (κ2) is 9.28. The zero-order valence-corrected chi connectivity index (χ0v) is 12.0. The van der Waals surface area contributed by atoms with Crippen molar-refractivity contribution < 1.29 is 24.1 Å². The third kappa shape index (κ3) is 6.89. The molecule has 0 aromatic carbocycles. The van der Waals surface area contributed by atoms with Gasteiger partial charge in [-0.3, -0.25) is 4.79 Å². The van der Waals surface area contributed by atoms with E-state index in [-0.39, 0.29) is 18.6 Å². The molecule has 0 radical (unpaired) electrons. The van der Waals surface area contributed by atoms with Crippen molar-refractivity contribution in [1.82, 2.24) is 0 Å². The highest BCUT2D eigenvalue weighted by atomic mass is 16.7. The first-order valence-electron chi connectivity index (χ1n) is 7.26. The number of hydrogen-bond acceptors (Lipinski definition) is 4. The average molecular weight is 274 g/mol. The Morgan fingerprint density at radius 1 is 1.26 bits per heavy atom. The predicted octanol–water partition coefficient (Wildman–Crippen LogP) is 2.58. The van der Waals surface area contributed by atoms with Gasteiger partial charge in [-0.05, 0) is 12.8 Å². The van der Waals surface area contributed by atoms with Crippen LogP contribution in [-0.4, -0.2) is 42.8 Å². The topological polar surface area (TPSA) is 65.0 Å². The van der Waals surface area contributed by atoms with Gasteiger partial charge in [0, 0.05) is 0 Å². The monoisotopic (exact) mass is 274 g/mol. The summed E-state index contributed by atoms with van der Waals surface area (Å²) < 4.78 is 16.7. The molecule has 1 saturated heterocycles. The third-order valence-corrected chi connectivity index (χ3v) is 3.15. The van der Waals surface area contributed by atoms with E-state index in [1.54, 1.807) is 0 Å². The number of carbonyl (C=O) groups is 1. The fraction of sp³-hybridized carbons (Fsp3) is 0.929. The molecule has 112 valence electrons. The Kier molecular flexibility index (Phi) is 8.02. The number of carboxylic acids is 1. The highest BCUT2D eigenvalue weighted by molar-refractivity contribution is 5.67. The van der Waals surface area contributed by atoms with Gasteiger partial charge in [0.2, 0.25) is 0 Å². The summed E-state index contributed by atoms with van der Waals surface area (Å²) >= 11 is 0. The lowest BCUT2D eigenvalue weighted by Gasteiger charge is -2.31. The van der Waals surface area contributed by atoms with E-state index in [0.29, 0.717) is 13.2 Å². The van der Waals surface area contributed by atoms with Gasteiger partial charge in [-0.1, -0.05) is 33.1 Å². The van der Waals surface area contributed by atoms with Crippen molar-refractivity contribution >= 4 is 5.97 Å². The van der Waals surface area contributed by atoms with Gasteiger partial charge in [-0.2, -0.15) is 0 Å². The Morgan fingerprint density at radius 3 is 2.47 bits per heavy atom. The van der Waals surface area contributed by atoms with E-state index in [2.05, 4.69) is 13.8 Å². The molecule has 5 nitrogen and oxygen atoms in total. The van der Waals surface area contributed by atoms with Crippen molar-refractivity contribution in [2.45, 2.75) is 70.9 Å². The van der Waals surface area contributed by atoms with Crippen LogP contribution in [0.15, 0.2) is 0 Å². The minimum atomic E-state index is -0.906. The molecule has 0 aliphatic carbocycles. The molecule has 1 unspecified atom stereocenters. The van der Waals surface area contributed by atoms with Crippen LogP contribution in [0.4, 0.5) is 0 Å². The van der Waals surface area contributed by atoms with Gasteiger partial charge in [0.1, 0.15) is 6.10 Å². The van der Waals surface area contributed by atoms with Crippen molar-refractivity contribution in [3.8, 4) is 0 Å². The van der Waals surface area contributed by atoms with E-state index in [0.717, 1.165) is 19.3 Å². The number of unbranched alkanes of at least 4 members (excludes halogenated alkanes) is 1. The molecule has 0 saturated carbocycles. The standard InChI is InChI=1S/C14H26O5/c1-3-5-7-11(6-4-2)19-12-9-17-14(18-10-12)8-13(15)16/h11-12,14H,3-10H2,1-2H3,(H,15,16). The van der Waals surface area contributed by atoms with E-state index < -0.39 is 12.3 Å². The first-order valence-corrected chi connectivity index (χ1v) is 7.26. The molecule has 1 aliphatic heterocycles. The summed E-state index contributed by atoms with van der Waals surface area (Å²) in [5.74, 6) is -0.906. The fourth-order valence-electron chi connectivity index (χ4n) is 2.17. The number of ether oxygens (including phenoxy) is 3. The van der Waals surface area contributed by atoms with Crippen molar-refractivity contribution in [1.29, 1.82) is 0 Å². The van der Waals surface area contributed by atoms with Crippen LogP contribution in [0.25, 0.3) is 0 Å². The van der Waals surface area contributed by atoms with Crippen molar-refractivity contribution in [2.24, 2.45) is 0 Å². The van der Waals surface area contributed by atoms with Crippen LogP contribution in [-0.2, 0) is 19.0 Å². The van der Waals surface area contributed by atoms with Gasteiger partial charge in [0.25, 0.3) is 0 Å². The summed E-state index contributed by atoms with van der Waals surface area (Å²) in [5.41, 5.74) is 0. The van der Waals surface area contributed by atoms with Crippen LogP contribution in [0.2, 0.25) is 0 Å². The van der Waals surface area contributed by atoms with Crippen LogP contribution in [0, 0.1) is 0 Å². The Morgan fingerprint density at radius 2 is 1.95 bits per heavy atom. The molecule has 0 aromatic rings. The molecule has 1 atom stereocenters. The molecular weight excluding hydrogens is 248 g/mol. The summed E-state index contributed by atoms with van der Waals surface area (Å²) in [4.78, 5) is 10.5. The molecule has 0 amide bonds. The molecular formula is C14H26O5. The number of aliphatic carboxylic acids is 1. The van der Waals surface area contributed by atoms with Gasteiger partial charge in [-0.25, -0.2) is 0 Å². The van der Waals surface area contributed by atoms with E-state index in [9.17, 15) is 4.79 Å². The second-order valence-corrected chi connectivity index (χ2v) is 5.01. The Balaban J connectivity index is 2.27. The van der Waals surface area contributed by atoms with Gasteiger partial charge >= 0.3 is 5.97 Å². The summed E-state index contributed by atoms with van der Waals surface area (Å²) in [5, 5.41) is 8.65. The van der Waals surface area contributed by atoms with E-state index in [1.165, 1.54) is 12.8 Å². The van der Waals surface area contributed by atoms with Gasteiger partial charge in [-0.15, -0.1) is 0 Å². The summed E-state index contributed by atoms with van der Waals surface area (Å²) in [6.45, 7) is 5.17. The maximum absolute atomic E-state index is 10.5. The Hall–Kier alpha value is -0.650. The van der Waals surface area contributed by atoms with Crippen LogP contribution in [0.5, 0.6) is 0 Å². The quantitative estimate of drug-likeness (QED) is 0.700. The van der Waals surface area contributed by atoms with Gasteiger partial charge in [0.05, 0.1) is 25.7 Å². The van der Waals surface area contributed by atoms with Crippen LogP contribution >= 0.6 is 0 Å². The molecule has 1 heterocycles. The van der Waals surface area contributed by atoms with Crippen LogP contribution < -0.4 is 0 Å². The summed E-state index contributed by atoms with van der Waals surface area (Å²) in [6, 6.07) is 0. The summed E-state index contributed by atoms with van der Waals surface area (Å²) in [7, 11) is 0. The maximum Gasteiger partial charge on any atom is 0.308 e. The zero-order chi connectivity index (χ0) is 14.1. The zero-order valence-electron chi connectivity index (χ0n) is 12.0. The Labute approximate surface area is 115 Å². The average Bonchev–Trinajstić information content (AvgIpc) is 2.38. The molecule has 1 aliphatic rings. The van der Waals surface area contributed by atoms with Crippen molar-refractivity contribution in [3.05, 3.63) is 0 Å². The maximum atomic E-state index is 10.5. The Bertz CT molecular complexity index is 248. The van der Waals surface area contributed by atoms with E-state index in [1.807, 2.05) is 0 Å². The molecule has 19 heavy (non-hydrogen) atoms. The molecule has 0 spiro atoms. The molecule has 1 rings (SSSR count). The second-order valence-electron chi connectivity index (χ2n) is 5.01. The summed E-state index contributed by atoms with van der Waals surface area (Å²) in [6.07, 6.45) is 5.01. The number of carboxylic acid groups (broad SMARTS) is 1. The minimum Gasteiger partial charge on any atom is -0.481 e. The van der Waals surface area contributed by atoms with E-state index in [4.69, 9.17) is 19.3 Å². The van der Waals surface area contributed by atoms with Crippen LogP contribution in [0.3, 0.4) is 0 Å². The predicted molar refractivity (Wildman–Crippen MR) is 71.0 cm³/mol. The third-order valence-electron chi connectivity index (χ3n) is 3.15. The van der Waals surface area contributed by atoms with Gasteiger partial charge < -0.3 is 19.3 Å². The van der Waals surface area contributed by atoms with Crippen molar-refractivity contribution in [2.75, 3.05) is 13.2 Å². The molecule has 0 bridgehead atoms. The highest BCUT2D eigenvalue weighted by Gasteiger charge is 2.26. The van der Waals surface area contributed by atoms with E-state index >= 15 is 0 Å². The number of hydrogen-bond donors (Lipinski definition) is 1. The molecule has 0 aromatic heterocycles. The van der Waals surface area contributed by atoms with Crippen molar-refractivity contribution in [3.63, 3.8) is 0 Å². The SMILES string of the molecule is CCCCC(CCC)OC1COC(CC(=O)O)OC1. The lowest BCUT2D eigenvalue weighted by molar-refractivity contribution is -0.237.